The molecule has 0 spiro atoms. The molecule has 0 aromatic heterocycles. The molecule has 2 rings (SSSR count). The summed E-state index contributed by atoms with van der Waals surface area (Å²) in [5.41, 5.74) is 2.03. The number of aryl methyl sites for hydroxylation is 1. The molecule has 1 N–H and O–H groups in total. The van der Waals surface area contributed by atoms with Gasteiger partial charge in [-0.15, -0.1) is 0 Å². The van der Waals surface area contributed by atoms with Gasteiger partial charge >= 0.3 is 0 Å². The number of benzene rings is 2. The van der Waals surface area contributed by atoms with E-state index in [1.165, 1.54) is 6.92 Å². The summed E-state index contributed by atoms with van der Waals surface area (Å²) in [5, 5.41) is 3.72. The van der Waals surface area contributed by atoms with Crippen LogP contribution in [0.4, 0.5) is 8.78 Å². The van der Waals surface area contributed by atoms with Crippen LogP contribution in [0.15, 0.2) is 30.3 Å². The first-order valence-corrected chi connectivity index (χ1v) is 6.86. The molecule has 0 heterocycles. The van der Waals surface area contributed by atoms with Crippen molar-refractivity contribution in [2.75, 3.05) is 6.54 Å². The smallest absolute Gasteiger partial charge is 0.166 e. The first-order chi connectivity index (χ1) is 9.54. The number of hydrogen-bond donors (Lipinski definition) is 1. The summed E-state index contributed by atoms with van der Waals surface area (Å²) in [5.74, 6) is -1.64. The van der Waals surface area contributed by atoms with Crippen LogP contribution in [0.2, 0.25) is 5.02 Å². The maximum Gasteiger partial charge on any atom is 0.166 e. The minimum Gasteiger partial charge on any atom is -0.313 e. The number of rotatable bonds is 4. The maximum atomic E-state index is 14.0. The van der Waals surface area contributed by atoms with E-state index in [9.17, 15) is 8.78 Å². The molecule has 0 bridgehead atoms. The van der Waals surface area contributed by atoms with Crippen molar-refractivity contribution in [2.24, 2.45) is 0 Å². The van der Waals surface area contributed by atoms with Gasteiger partial charge in [0.2, 0.25) is 0 Å². The highest BCUT2D eigenvalue weighted by Gasteiger charge is 2.13. The Balaban J connectivity index is 2.39. The summed E-state index contributed by atoms with van der Waals surface area (Å²) in [7, 11) is 0. The highest BCUT2D eigenvalue weighted by Crippen LogP contribution is 2.29. The third kappa shape index (κ3) is 3.00. The van der Waals surface area contributed by atoms with Crippen molar-refractivity contribution in [3.63, 3.8) is 0 Å². The second kappa shape index (κ2) is 6.33. The summed E-state index contributed by atoms with van der Waals surface area (Å²) in [6.45, 7) is 5.04. The monoisotopic (exact) mass is 295 g/mol. The van der Waals surface area contributed by atoms with Crippen molar-refractivity contribution in [3.05, 3.63) is 58.1 Å². The van der Waals surface area contributed by atoms with Gasteiger partial charge in [-0.1, -0.05) is 42.8 Å². The standard InChI is InChI=1S/C16H16ClF2N/c1-3-20-9-12-6-5-11(8-14(12)17)13-7-4-10(2)15(18)16(13)19/h4-8,20H,3,9H2,1-2H3. The summed E-state index contributed by atoms with van der Waals surface area (Å²) in [6.07, 6.45) is 0. The fourth-order valence-electron chi connectivity index (χ4n) is 1.99. The van der Waals surface area contributed by atoms with Gasteiger partial charge in [-0.25, -0.2) is 8.78 Å². The van der Waals surface area contributed by atoms with Gasteiger partial charge in [-0.3, -0.25) is 0 Å². The summed E-state index contributed by atoms with van der Waals surface area (Å²) < 4.78 is 27.6. The fraction of sp³-hybridized carbons (Fsp3) is 0.250. The van der Waals surface area contributed by atoms with E-state index in [0.717, 1.165) is 12.1 Å². The molecule has 0 fully saturated rings. The van der Waals surface area contributed by atoms with E-state index in [2.05, 4.69) is 5.32 Å². The molecule has 0 saturated heterocycles. The zero-order valence-corrected chi connectivity index (χ0v) is 12.2. The minimum absolute atomic E-state index is 0.227. The van der Waals surface area contributed by atoms with E-state index in [0.29, 0.717) is 22.7 Å². The zero-order chi connectivity index (χ0) is 14.7. The van der Waals surface area contributed by atoms with Crippen molar-refractivity contribution in [3.8, 4) is 11.1 Å². The zero-order valence-electron chi connectivity index (χ0n) is 11.4. The number of nitrogens with one attached hydrogen (secondary N) is 1. The Labute approximate surface area is 122 Å². The molecule has 0 atom stereocenters. The molecule has 0 aliphatic carbocycles. The third-order valence-electron chi connectivity index (χ3n) is 3.20. The Kier molecular flexibility index (Phi) is 4.73. The van der Waals surface area contributed by atoms with Gasteiger partial charge in [0.15, 0.2) is 11.6 Å². The van der Waals surface area contributed by atoms with Gasteiger partial charge in [-0.05, 0) is 36.2 Å². The molecule has 0 radical (unpaired) electrons. The maximum absolute atomic E-state index is 14.0. The predicted molar refractivity (Wildman–Crippen MR) is 78.9 cm³/mol. The third-order valence-corrected chi connectivity index (χ3v) is 3.56. The Bertz CT molecular complexity index is 626. The van der Waals surface area contributed by atoms with E-state index >= 15 is 0 Å². The van der Waals surface area contributed by atoms with Crippen LogP contribution in [-0.4, -0.2) is 6.54 Å². The van der Waals surface area contributed by atoms with Crippen molar-refractivity contribution in [1.29, 1.82) is 0 Å². The van der Waals surface area contributed by atoms with Crippen molar-refractivity contribution >= 4 is 11.6 Å². The molecular weight excluding hydrogens is 280 g/mol. The molecule has 0 aliphatic heterocycles. The largest absolute Gasteiger partial charge is 0.313 e. The van der Waals surface area contributed by atoms with Gasteiger partial charge in [-0.2, -0.15) is 0 Å². The molecule has 106 valence electrons. The van der Waals surface area contributed by atoms with Crippen LogP contribution in [0.1, 0.15) is 18.1 Å². The van der Waals surface area contributed by atoms with Gasteiger partial charge in [0.05, 0.1) is 0 Å². The highest BCUT2D eigenvalue weighted by molar-refractivity contribution is 6.31. The lowest BCUT2D eigenvalue weighted by Gasteiger charge is -2.10. The van der Waals surface area contributed by atoms with E-state index in [-0.39, 0.29) is 5.56 Å². The van der Waals surface area contributed by atoms with E-state index < -0.39 is 11.6 Å². The number of hydrogen-bond acceptors (Lipinski definition) is 1. The van der Waals surface area contributed by atoms with Crippen LogP contribution in [0.25, 0.3) is 11.1 Å². The lowest BCUT2D eigenvalue weighted by Crippen LogP contribution is -2.11. The van der Waals surface area contributed by atoms with Crippen LogP contribution in [0, 0.1) is 18.6 Å². The normalized spacial score (nSPS) is 10.8. The summed E-state index contributed by atoms with van der Waals surface area (Å²) in [4.78, 5) is 0. The average molecular weight is 296 g/mol. The van der Waals surface area contributed by atoms with Crippen LogP contribution in [-0.2, 0) is 6.54 Å². The summed E-state index contributed by atoms with van der Waals surface area (Å²) >= 11 is 6.18. The molecule has 0 saturated carbocycles. The fourth-order valence-corrected chi connectivity index (χ4v) is 2.23. The van der Waals surface area contributed by atoms with Gasteiger partial charge in [0, 0.05) is 17.1 Å². The molecule has 20 heavy (non-hydrogen) atoms. The molecule has 4 heteroatoms. The molecular formula is C16H16ClF2N. The first-order valence-electron chi connectivity index (χ1n) is 6.48. The Morgan fingerprint density at radius 1 is 1.10 bits per heavy atom. The quantitative estimate of drug-likeness (QED) is 0.862. The SMILES string of the molecule is CCNCc1ccc(-c2ccc(C)c(F)c2F)cc1Cl. The Morgan fingerprint density at radius 3 is 2.50 bits per heavy atom. The second-order valence-electron chi connectivity index (χ2n) is 4.64. The molecule has 0 aliphatic rings. The van der Waals surface area contributed by atoms with E-state index in [1.807, 2.05) is 13.0 Å². The lowest BCUT2D eigenvalue weighted by atomic mass is 10.0. The minimum atomic E-state index is -0.833. The van der Waals surface area contributed by atoms with Gasteiger partial charge in [0.1, 0.15) is 0 Å². The second-order valence-corrected chi connectivity index (χ2v) is 5.05. The Hall–Kier alpha value is -1.45. The van der Waals surface area contributed by atoms with Crippen LogP contribution in [0.5, 0.6) is 0 Å². The van der Waals surface area contributed by atoms with Crippen molar-refractivity contribution < 1.29 is 8.78 Å². The lowest BCUT2D eigenvalue weighted by molar-refractivity contribution is 0.505. The van der Waals surface area contributed by atoms with Crippen LogP contribution < -0.4 is 5.32 Å². The topological polar surface area (TPSA) is 12.0 Å². The number of halogens is 3. The van der Waals surface area contributed by atoms with E-state index in [1.54, 1.807) is 24.3 Å². The molecule has 1 nitrogen and oxygen atoms in total. The first kappa shape index (κ1) is 14.9. The van der Waals surface area contributed by atoms with Gasteiger partial charge in [0.25, 0.3) is 0 Å². The molecule has 0 amide bonds. The summed E-state index contributed by atoms with van der Waals surface area (Å²) in [6, 6.07) is 8.39. The predicted octanol–water partition coefficient (Wildman–Crippen LogP) is 4.70. The Morgan fingerprint density at radius 2 is 1.85 bits per heavy atom. The van der Waals surface area contributed by atoms with Crippen molar-refractivity contribution in [2.45, 2.75) is 20.4 Å². The molecule has 2 aromatic rings. The van der Waals surface area contributed by atoms with Crippen LogP contribution >= 0.6 is 11.6 Å². The average Bonchev–Trinajstić information content (AvgIpc) is 2.44. The highest BCUT2D eigenvalue weighted by atomic mass is 35.5. The molecule has 2 aromatic carbocycles. The van der Waals surface area contributed by atoms with Crippen LogP contribution in [0.3, 0.4) is 0 Å². The van der Waals surface area contributed by atoms with Gasteiger partial charge < -0.3 is 5.32 Å². The van der Waals surface area contributed by atoms with E-state index in [4.69, 9.17) is 11.6 Å². The van der Waals surface area contributed by atoms with Crippen molar-refractivity contribution in [1.82, 2.24) is 5.32 Å². The molecule has 0 unspecified atom stereocenters.